The van der Waals surface area contributed by atoms with Crippen molar-refractivity contribution in [3.05, 3.63) is 0 Å². The first kappa shape index (κ1) is 7.11. The van der Waals surface area contributed by atoms with Crippen LogP contribution >= 0.6 is 7.60 Å². The summed E-state index contributed by atoms with van der Waals surface area (Å²) in [7, 11) is -4.43. The van der Waals surface area contributed by atoms with Gasteiger partial charge in [0.05, 0.1) is 0 Å². The Bertz CT molecular complexity index is 91.9. The van der Waals surface area contributed by atoms with Gasteiger partial charge >= 0.3 is 0 Å². The molecule has 0 amide bonds. The maximum Gasteiger partial charge on any atom is 0.160 e. The molecular formula is C2H6O4P-. The van der Waals surface area contributed by atoms with Gasteiger partial charge in [0, 0.05) is 0 Å². The molecule has 7 heavy (non-hydrogen) atoms. The molecule has 0 aromatic carbocycles. The Morgan fingerprint density at radius 2 is 2.00 bits per heavy atom. The molecule has 4 nitrogen and oxygen atoms in total. The average molecular weight is 125 g/mol. The van der Waals surface area contributed by atoms with Crippen LogP contribution in [0.2, 0.25) is 0 Å². The van der Waals surface area contributed by atoms with Gasteiger partial charge in [0.15, 0.2) is 7.60 Å². The largest absolute Gasteiger partial charge is 0.777 e. The summed E-state index contributed by atoms with van der Waals surface area (Å²) < 4.78 is 9.66. The third-order valence-corrected chi connectivity index (χ3v) is 1.42. The van der Waals surface area contributed by atoms with Gasteiger partial charge in [0.2, 0.25) is 0 Å². The van der Waals surface area contributed by atoms with Gasteiger partial charge in [-0.3, -0.25) is 0 Å². The van der Waals surface area contributed by atoms with Crippen molar-refractivity contribution in [1.82, 2.24) is 0 Å². The number of aliphatic hydroxyl groups is 1. The molecule has 0 saturated carbocycles. The van der Waals surface area contributed by atoms with Gasteiger partial charge in [0.25, 0.3) is 0 Å². The molecule has 44 valence electrons. The predicted octanol–water partition coefficient (Wildman–Crippen LogP) is -1.13. The van der Waals surface area contributed by atoms with E-state index >= 15 is 0 Å². The molecule has 5 heteroatoms. The Morgan fingerprint density at radius 1 is 1.86 bits per heavy atom. The highest BCUT2D eigenvalue weighted by molar-refractivity contribution is 7.50. The zero-order valence-corrected chi connectivity index (χ0v) is 4.63. The number of rotatable bonds is 1. The monoisotopic (exact) mass is 125 g/mol. The van der Waals surface area contributed by atoms with Crippen LogP contribution in [0.25, 0.3) is 0 Å². The lowest BCUT2D eigenvalue weighted by Gasteiger charge is -2.17. The lowest BCUT2D eigenvalue weighted by Crippen LogP contribution is -2.11. The summed E-state index contributed by atoms with van der Waals surface area (Å²) in [4.78, 5) is 17.5. The van der Waals surface area contributed by atoms with Crippen LogP contribution in [0.1, 0.15) is 6.92 Å². The van der Waals surface area contributed by atoms with E-state index in [0.29, 0.717) is 0 Å². The molecule has 0 aliphatic carbocycles. The minimum absolute atomic E-state index is 0.980. The highest BCUT2D eigenvalue weighted by Crippen LogP contribution is 2.33. The van der Waals surface area contributed by atoms with Gasteiger partial charge in [-0.25, -0.2) is 0 Å². The molecule has 0 saturated heterocycles. The Balaban J connectivity index is 3.80. The SMILES string of the molecule is C[C@H](O)P(=O)([O-])O. The van der Waals surface area contributed by atoms with Crippen LogP contribution in [-0.2, 0) is 4.57 Å². The van der Waals surface area contributed by atoms with E-state index in [0.717, 1.165) is 6.92 Å². The van der Waals surface area contributed by atoms with E-state index in [-0.39, 0.29) is 0 Å². The van der Waals surface area contributed by atoms with Crippen LogP contribution < -0.4 is 4.89 Å². The first-order valence-corrected chi connectivity index (χ1v) is 3.31. The van der Waals surface area contributed by atoms with Crippen LogP contribution in [-0.4, -0.2) is 15.8 Å². The van der Waals surface area contributed by atoms with Crippen molar-refractivity contribution < 1.29 is 19.5 Å². The summed E-state index contributed by atoms with van der Waals surface area (Å²) in [6.07, 6.45) is 0. The maximum atomic E-state index is 9.66. The Kier molecular flexibility index (Phi) is 1.95. The minimum Gasteiger partial charge on any atom is -0.777 e. The first-order chi connectivity index (χ1) is 2.94. The molecule has 2 N–H and O–H groups in total. The lowest BCUT2D eigenvalue weighted by atomic mass is 10.9. The zero-order valence-electron chi connectivity index (χ0n) is 3.74. The van der Waals surface area contributed by atoms with Crippen LogP contribution in [0.4, 0.5) is 0 Å². The summed E-state index contributed by atoms with van der Waals surface area (Å²) in [6, 6.07) is 0. The average Bonchev–Trinajstić information content (AvgIpc) is 1.31. The quantitative estimate of drug-likeness (QED) is 0.434. The second kappa shape index (κ2) is 1.92. The van der Waals surface area contributed by atoms with E-state index in [1.807, 2.05) is 0 Å². The lowest BCUT2D eigenvalue weighted by molar-refractivity contribution is -0.201. The Labute approximate surface area is 40.9 Å². The molecule has 0 aliphatic heterocycles. The van der Waals surface area contributed by atoms with E-state index in [2.05, 4.69) is 0 Å². The fraction of sp³-hybridized carbons (Fsp3) is 1.00. The van der Waals surface area contributed by atoms with Gasteiger partial charge in [-0.1, -0.05) is 0 Å². The van der Waals surface area contributed by atoms with E-state index in [1.54, 1.807) is 0 Å². The van der Waals surface area contributed by atoms with E-state index in [9.17, 15) is 9.46 Å². The summed E-state index contributed by atoms with van der Waals surface area (Å²) in [5, 5.41) is 8.06. The van der Waals surface area contributed by atoms with E-state index < -0.39 is 13.4 Å². The number of hydrogen-bond acceptors (Lipinski definition) is 3. The standard InChI is InChI=1S/C2H7O4P/c1-2(3)7(4,5)6/h2-3H,1H3,(H2,4,5,6)/p-1/t2-/m1/s1. The maximum absolute atomic E-state index is 9.66. The molecule has 1 unspecified atom stereocenters. The van der Waals surface area contributed by atoms with Crippen LogP contribution in [0.15, 0.2) is 0 Å². The molecule has 0 radical (unpaired) electrons. The third kappa shape index (κ3) is 2.76. The molecule has 0 heterocycles. The van der Waals surface area contributed by atoms with Gasteiger partial charge < -0.3 is 19.5 Å². The van der Waals surface area contributed by atoms with Crippen molar-refractivity contribution >= 4 is 7.60 Å². The summed E-state index contributed by atoms with van der Waals surface area (Å²) >= 11 is 0. The number of aliphatic hydroxyl groups excluding tert-OH is 1. The fourth-order valence-corrected chi connectivity index (χ4v) is 0. The number of hydrogen-bond donors (Lipinski definition) is 2. The summed E-state index contributed by atoms with van der Waals surface area (Å²) in [5.41, 5.74) is 0. The second-order valence-corrected chi connectivity index (χ2v) is 3.07. The molecule has 0 fully saturated rings. The first-order valence-electron chi connectivity index (χ1n) is 1.66. The molecular weight excluding hydrogens is 119 g/mol. The van der Waals surface area contributed by atoms with E-state index in [4.69, 9.17) is 10.00 Å². The smallest absolute Gasteiger partial charge is 0.160 e. The molecule has 0 spiro atoms. The van der Waals surface area contributed by atoms with Gasteiger partial charge in [-0.2, -0.15) is 0 Å². The summed E-state index contributed by atoms with van der Waals surface area (Å²) in [5.74, 6) is -1.65. The Morgan fingerprint density at radius 3 is 2.00 bits per heavy atom. The van der Waals surface area contributed by atoms with Crippen molar-refractivity contribution in [3.8, 4) is 0 Å². The van der Waals surface area contributed by atoms with Crippen molar-refractivity contribution in [3.63, 3.8) is 0 Å². The van der Waals surface area contributed by atoms with Crippen LogP contribution in [0.5, 0.6) is 0 Å². The van der Waals surface area contributed by atoms with Crippen LogP contribution in [0, 0.1) is 0 Å². The van der Waals surface area contributed by atoms with Crippen molar-refractivity contribution in [2.24, 2.45) is 0 Å². The fourth-order valence-electron chi connectivity index (χ4n) is 0. The second-order valence-electron chi connectivity index (χ2n) is 1.20. The third-order valence-electron chi connectivity index (χ3n) is 0.472. The molecule has 0 aromatic rings. The molecule has 2 atom stereocenters. The highest BCUT2D eigenvalue weighted by atomic mass is 31.2. The van der Waals surface area contributed by atoms with Crippen molar-refractivity contribution in [2.45, 2.75) is 12.8 Å². The molecule has 0 aromatic heterocycles. The zero-order chi connectivity index (χ0) is 6.08. The normalized spacial score (nSPS) is 23.4. The van der Waals surface area contributed by atoms with Crippen molar-refractivity contribution in [2.75, 3.05) is 0 Å². The topological polar surface area (TPSA) is 80.6 Å². The highest BCUT2D eigenvalue weighted by Gasteiger charge is 2.07. The molecule has 0 bridgehead atoms. The van der Waals surface area contributed by atoms with Crippen molar-refractivity contribution in [1.29, 1.82) is 0 Å². The predicted molar refractivity (Wildman–Crippen MR) is 21.5 cm³/mol. The van der Waals surface area contributed by atoms with E-state index in [1.165, 1.54) is 0 Å². The van der Waals surface area contributed by atoms with Gasteiger partial charge in [0.1, 0.15) is 5.85 Å². The van der Waals surface area contributed by atoms with Gasteiger partial charge in [-0.15, -0.1) is 0 Å². The molecule has 0 aliphatic rings. The molecule has 0 rings (SSSR count). The van der Waals surface area contributed by atoms with Crippen LogP contribution in [0.3, 0.4) is 0 Å². The van der Waals surface area contributed by atoms with Gasteiger partial charge in [-0.05, 0) is 6.92 Å². The Hall–Kier alpha value is 0.110. The summed E-state index contributed by atoms with van der Waals surface area (Å²) in [6.45, 7) is 0.980. The minimum atomic E-state index is -4.43.